The summed E-state index contributed by atoms with van der Waals surface area (Å²) < 4.78 is 0.945. The molecule has 0 fully saturated rings. The fourth-order valence-electron chi connectivity index (χ4n) is 3.67. The minimum Gasteiger partial charge on any atom is -0.354 e. The maximum Gasteiger partial charge on any atom is 0.243 e. The molecule has 0 radical (unpaired) electrons. The van der Waals surface area contributed by atoms with E-state index in [1.165, 1.54) is 17.3 Å². The molecule has 0 aliphatic rings. The van der Waals surface area contributed by atoms with Gasteiger partial charge < -0.3 is 10.2 Å². The Morgan fingerprint density at radius 3 is 2.29 bits per heavy atom. The first-order valence-electron chi connectivity index (χ1n) is 11.9. The van der Waals surface area contributed by atoms with Gasteiger partial charge in [0, 0.05) is 28.9 Å². The topological polar surface area (TPSA) is 49.4 Å². The van der Waals surface area contributed by atoms with E-state index < -0.39 is 6.04 Å². The largest absolute Gasteiger partial charge is 0.354 e. The van der Waals surface area contributed by atoms with E-state index >= 15 is 0 Å². The van der Waals surface area contributed by atoms with Crippen LogP contribution in [0.3, 0.4) is 0 Å². The minimum atomic E-state index is -0.610. The summed E-state index contributed by atoms with van der Waals surface area (Å²) in [5, 5.41) is 3.07. The Labute approximate surface area is 221 Å². The second-order valence-electron chi connectivity index (χ2n) is 9.10. The zero-order chi connectivity index (χ0) is 25.2. The summed E-state index contributed by atoms with van der Waals surface area (Å²) in [6, 6.07) is 25.3. The summed E-state index contributed by atoms with van der Waals surface area (Å²) in [5.74, 6) is 0.407. The Hall–Kier alpha value is -2.57. The first kappa shape index (κ1) is 27.0. The van der Waals surface area contributed by atoms with Crippen LogP contribution in [0.4, 0.5) is 0 Å². The molecule has 0 saturated heterocycles. The van der Waals surface area contributed by atoms with Crippen molar-refractivity contribution in [1.29, 1.82) is 0 Å². The van der Waals surface area contributed by atoms with E-state index in [0.29, 0.717) is 25.4 Å². The molecule has 184 valence electrons. The van der Waals surface area contributed by atoms with Crippen LogP contribution in [0.25, 0.3) is 0 Å². The van der Waals surface area contributed by atoms with Gasteiger partial charge in [-0.15, -0.1) is 11.8 Å². The van der Waals surface area contributed by atoms with Crippen LogP contribution in [0.2, 0.25) is 0 Å². The van der Waals surface area contributed by atoms with Crippen LogP contribution in [0, 0.1) is 12.8 Å². The third-order valence-electron chi connectivity index (χ3n) is 5.58. The number of amides is 2. The van der Waals surface area contributed by atoms with Crippen molar-refractivity contribution in [1.82, 2.24) is 10.2 Å². The quantitative estimate of drug-likeness (QED) is 0.285. The molecule has 3 aromatic carbocycles. The van der Waals surface area contributed by atoms with Crippen LogP contribution in [-0.4, -0.2) is 35.1 Å². The number of hydrogen-bond donors (Lipinski definition) is 1. The van der Waals surface area contributed by atoms with E-state index in [1.54, 1.807) is 4.90 Å². The second-order valence-corrected chi connectivity index (χ2v) is 11.1. The molecular weight excluding hydrogens is 520 g/mol. The van der Waals surface area contributed by atoms with Gasteiger partial charge >= 0.3 is 0 Å². The van der Waals surface area contributed by atoms with Gasteiger partial charge in [0.1, 0.15) is 6.04 Å². The van der Waals surface area contributed by atoms with E-state index in [1.807, 2.05) is 85.8 Å². The van der Waals surface area contributed by atoms with Gasteiger partial charge in [0.25, 0.3) is 0 Å². The highest BCUT2D eigenvalue weighted by atomic mass is 79.9. The molecule has 2 amide bonds. The molecule has 6 heteroatoms. The number of rotatable bonds is 11. The molecule has 1 N–H and O–H groups in total. The monoisotopic (exact) mass is 552 g/mol. The Bertz CT molecular complexity index is 1100. The Kier molecular flexibility index (Phi) is 10.4. The van der Waals surface area contributed by atoms with Crippen molar-refractivity contribution in [3.63, 3.8) is 0 Å². The summed E-state index contributed by atoms with van der Waals surface area (Å²) >= 11 is 5.03. The van der Waals surface area contributed by atoms with Crippen LogP contribution in [0.5, 0.6) is 0 Å². The van der Waals surface area contributed by atoms with Crippen molar-refractivity contribution in [2.45, 2.75) is 44.7 Å². The number of hydrogen-bond acceptors (Lipinski definition) is 3. The highest BCUT2D eigenvalue weighted by Crippen LogP contribution is 2.22. The SMILES string of the molecule is Cc1ccc(SCC(=O)N(Cc2cccc(Br)c2)[C@@H](Cc2ccccc2)C(=O)NCC(C)C)cc1. The summed E-state index contributed by atoms with van der Waals surface area (Å²) in [6.07, 6.45) is 0.458. The van der Waals surface area contributed by atoms with Gasteiger partial charge in [0.2, 0.25) is 11.8 Å². The fraction of sp³-hybridized carbons (Fsp3) is 0.310. The summed E-state index contributed by atoms with van der Waals surface area (Å²) in [6.45, 7) is 7.11. The molecule has 4 nitrogen and oxygen atoms in total. The fourth-order valence-corrected chi connectivity index (χ4v) is 4.90. The van der Waals surface area contributed by atoms with E-state index in [4.69, 9.17) is 0 Å². The molecule has 0 heterocycles. The zero-order valence-corrected chi connectivity index (χ0v) is 22.9. The molecule has 0 aliphatic heterocycles. The van der Waals surface area contributed by atoms with Gasteiger partial charge in [-0.2, -0.15) is 0 Å². The molecule has 0 spiro atoms. The number of aryl methyl sites for hydroxylation is 1. The average molecular weight is 554 g/mol. The summed E-state index contributed by atoms with van der Waals surface area (Å²) in [5.41, 5.74) is 3.18. The van der Waals surface area contributed by atoms with Gasteiger partial charge in [-0.3, -0.25) is 9.59 Å². The third-order valence-corrected chi connectivity index (χ3v) is 7.07. The Morgan fingerprint density at radius 2 is 1.63 bits per heavy atom. The van der Waals surface area contributed by atoms with E-state index in [9.17, 15) is 9.59 Å². The number of carbonyl (C=O) groups excluding carboxylic acids is 2. The second kappa shape index (κ2) is 13.5. The first-order chi connectivity index (χ1) is 16.8. The van der Waals surface area contributed by atoms with Crippen molar-refractivity contribution < 1.29 is 9.59 Å². The molecule has 3 rings (SSSR count). The lowest BCUT2D eigenvalue weighted by atomic mass is 10.0. The summed E-state index contributed by atoms with van der Waals surface area (Å²) in [7, 11) is 0. The average Bonchev–Trinajstić information content (AvgIpc) is 2.85. The maximum atomic E-state index is 13.7. The standard InChI is InChI=1S/C29H33BrN2O2S/c1-21(2)18-31-29(34)27(17-23-8-5-4-6-9-23)32(19-24-10-7-11-25(30)16-24)28(33)20-35-26-14-12-22(3)13-15-26/h4-16,21,27H,17-20H2,1-3H3,(H,31,34)/t27-/m0/s1. The Balaban J connectivity index is 1.89. The van der Waals surface area contributed by atoms with Crippen molar-refractivity contribution in [3.05, 3.63) is 100 Å². The summed E-state index contributed by atoms with van der Waals surface area (Å²) in [4.78, 5) is 29.9. The van der Waals surface area contributed by atoms with Gasteiger partial charge in [-0.25, -0.2) is 0 Å². The molecule has 1 atom stereocenters. The maximum absolute atomic E-state index is 13.7. The van der Waals surface area contributed by atoms with E-state index in [-0.39, 0.29) is 17.6 Å². The normalized spacial score (nSPS) is 11.8. The molecule has 0 saturated carbocycles. The van der Waals surface area contributed by atoms with Crippen molar-refractivity contribution in [2.75, 3.05) is 12.3 Å². The van der Waals surface area contributed by atoms with Gasteiger partial charge in [-0.1, -0.05) is 89.9 Å². The van der Waals surface area contributed by atoms with E-state index in [2.05, 4.69) is 35.1 Å². The van der Waals surface area contributed by atoms with Gasteiger partial charge in [0.05, 0.1) is 5.75 Å². The first-order valence-corrected chi connectivity index (χ1v) is 13.6. The number of benzene rings is 3. The zero-order valence-electron chi connectivity index (χ0n) is 20.5. The molecule has 0 aromatic heterocycles. The third kappa shape index (κ3) is 8.86. The highest BCUT2D eigenvalue weighted by molar-refractivity contribution is 9.10. The molecule has 3 aromatic rings. The molecule has 0 unspecified atom stereocenters. The number of thioether (sulfide) groups is 1. The predicted molar refractivity (Wildman–Crippen MR) is 148 cm³/mol. The van der Waals surface area contributed by atoms with Crippen molar-refractivity contribution in [3.8, 4) is 0 Å². The number of carbonyl (C=O) groups is 2. The van der Waals surface area contributed by atoms with Crippen LogP contribution in [-0.2, 0) is 22.6 Å². The highest BCUT2D eigenvalue weighted by Gasteiger charge is 2.30. The number of nitrogens with one attached hydrogen (secondary N) is 1. The molecule has 0 aliphatic carbocycles. The van der Waals surface area contributed by atoms with Gasteiger partial charge in [-0.05, 0) is 48.2 Å². The van der Waals surface area contributed by atoms with Crippen molar-refractivity contribution in [2.24, 2.45) is 5.92 Å². The number of nitrogens with zero attached hydrogens (tertiary/aromatic N) is 1. The lowest BCUT2D eigenvalue weighted by Gasteiger charge is -2.32. The van der Waals surface area contributed by atoms with Crippen molar-refractivity contribution >= 4 is 39.5 Å². The molecule has 0 bridgehead atoms. The Morgan fingerprint density at radius 1 is 0.943 bits per heavy atom. The van der Waals surface area contributed by atoms with Crippen LogP contribution in [0.15, 0.2) is 88.2 Å². The van der Waals surface area contributed by atoms with Crippen LogP contribution >= 0.6 is 27.7 Å². The minimum absolute atomic E-state index is 0.0591. The molecule has 35 heavy (non-hydrogen) atoms. The number of halogens is 1. The van der Waals surface area contributed by atoms with E-state index in [0.717, 1.165) is 20.5 Å². The lowest BCUT2D eigenvalue weighted by Crippen LogP contribution is -2.51. The smallest absolute Gasteiger partial charge is 0.243 e. The van der Waals surface area contributed by atoms with Crippen LogP contribution < -0.4 is 5.32 Å². The molecular formula is C29H33BrN2O2S. The van der Waals surface area contributed by atoms with Crippen LogP contribution in [0.1, 0.15) is 30.5 Å². The predicted octanol–water partition coefficient (Wildman–Crippen LogP) is 6.26. The van der Waals surface area contributed by atoms with Gasteiger partial charge in [0.15, 0.2) is 0 Å². The lowest BCUT2D eigenvalue weighted by molar-refractivity contribution is -0.139.